The Morgan fingerprint density at radius 1 is 0.458 bits per heavy atom. The van der Waals surface area contributed by atoms with E-state index < -0.39 is 71.9 Å². The number of benzene rings is 6. The Morgan fingerprint density at radius 2 is 0.831 bits per heavy atom. The molecule has 0 aliphatic rings. The van der Waals surface area contributed by atoms with Crippen molar-refractivity contribution in [1.82, 2.24) is 5.32 Å². The molecule has 23 heteroatoms. The minimum absolute atomic E-state index is 0.0621. The SMILES string of the molecule is Cc1cc(C(=O)NC(=O)c2ccc(N=Nc3ccc4cc(S(=O)(=O)O)cc(S(=O)(=O)O)c4c3)c(C)c2)ccc1N=Nc1ccc2cc(S(=O)(=O)O)cc(S(=O)(=O)O)c2c1. The van der Waals surface area contributed by atoms with Gasteiger partial charge >= 0.3 is 0 Å². The van der Waals surface area contributed by atoms with Crippen molar-refractivity contribution < 1.29 is 61.5 Å². The number of hydrogen-bond acceptors (Lipinski definition) is 14. The van der Waals surface area contributed by atoms with Gasteiger partial charge in [0, 0.05) is 21.9 Å². The quantitative estimate of drug-likeness (QED) is 0.0526. The van der Waals surface area contributed by atoms with Gasteiger partial charge in [0.15, 0.2) is 0 Å². The van der Waals surface area contributed by atoms with Gasteiger partial charge in [-0.05, 0) is 121 Å². The van der Waals surface area contributed by atoms with Crippen molar-refractivity contribution in [2.45, 2.75) is 33.4 Å². The van der Waals surface area contributed by atoms with Gasteiger partial charge < -0.3 is 0 Å². The normalized spacial score (nSPS) is 12.8. The molecule has 0 saturated heterocycles. The molecule has 19 nitrogen and oxygen atoms in total. The Labute approximate surface area is 335 Å². The number of hydrogen-bond donors (Lipinski definition) is 5. The highest BCUT2D eigenvalue weighted by Crippen LogP contribution is 2.33. The number of amides is 2. The van der Waals surface area contributed by atoms with Gasteiger partial charge in [-0.3, -0.25) is 33.1 Å². The molecule has 6 aromatic rings. The zero-order valence-electron chi connectivity index (χ0n) is 30.0. The van der Waals surface area contributed by atoms with Crippen LogP contribution in [-0.2, 0) is 40.5 Å². The number of nitrogens with one attached hydrogen (secondary N) is 1. The van der Waals surface area contributed by atoms with Gasteiger partial charge in [0.2, 0.25) is 0 Å². The van der Waals surface area contributed by atoms with Gasteiger partial charge in [-0.15, -0.1) is 0 Å². The predicted octanol–water partition coefficient (Wildman–Crippen LogP) is 7.00. The second kappa shape index (κ2) is 15.5. The summed E-state index contributed by atoms with van der Waals surface area (Å²) in [5.74, 6) is -1.49. The maximum atomic E-state index is 13.0. The molecular formula is C36H27N5O14S4. The molecule has 0 fully saturated rings. The minimum Gasteiger partial charge on any atom is -0.288 e. The largest absolute Gasteiger partial charge is 0.295 e. The van der Waals surface area contributed by atoms with Gasteiger partial charge in [-0.25, -0.2) is 0 Å². The third kappa shape index (κ3) is 9.59. The first-order valence-electron chi connectivity index (χ1n) is 16.3. The van der Waals surface area contributed by atoms with Crippen molar-refractivity contribution in [1.29, 1.82) is 0 Å². The third-order valence-electron chi connectivity index (χ3n) is 8.59. The zero-order valence-corrected chi connectivity index (χ0v) is 33.3. The number of carbonyl (C=O) groups is 2. The highest BCUT2D eigenvalue weighted by atomic mass is 32.2. The molecule has 304 valence electrons. The van der Waals surface area contributed by atoms with E-state index >= 15 is 0 Å². The number of aryl methyl sites for hydroxylation is 2. The Kier molecular flexibility index (Phi) is 11.2. The Bertz CT molecular complexity index is 3100. The van der Waals surface area contributed by atoms with Gasteiger partial charge in [0.05, 0.1) is 32.5 Å². The molecule has 0 aliphatic carbocycles. The number of rotatable bonds is 10. The van der Waals surface area contributed by atoms with Crippen molar-refractivity contribution >= 4 is 96.6 Å². The van der Waals surface area contributed by atoms with E-state index in [0.29, 0.717) is 34.6 Å². The molecule has 0 radical (unpaired) electrons. The van der Waals surface area contributed by atoms with Crippen LogP contribution in [0, 0.1) is 13.8 Å². The lowest BCUT2D eigenvalue weighted by atomic mass is 10.1. The zero-order chi connectivity index (χ0) is 43.2. The van der Waals surface area contributed by atoms with Crippen LogP contribution < -0.4 is 5.32 Å². The van der Waals surface area contributed by atoms with Crippen molar-refractivity contribution in [3.8, 4) is 0 Å². The van der Waals surface area contributed by atoms with E-state index in [1.165, 1.54) is 72.8 Å². The van der Waals surface area contributed by atoms with Gasteiger partial charge in [-0.1, -0.05) is 12.1 Å². The van der Waals surface area contributed by atoms with E-state index in [4.69, 9.17) is 0 Å². The number of azo groups is 2. The summed E-state index contributed by atoms with van der Waals surface area (Å²) in [5, 5.41) is 18.6. The highest BCUT2D eigenvalue weighted by molar-refractivity contribution is 7.87. The molecule has 6 aromatic carbocycles. The van der Waals surface area contributed by atoms with E-state index in [2.05, 4.69) is 25.8 Å². The molecule has 0 aromatic heterocycles. The van der Waals surface area contributed by atoms with E-state index in [1.54, 1.807) is 13.8 Å². The lowest BCUT2D eigenvalue weighted by Crippen LogP contribution is -2.30. The molecule has 2 amide bonds. The minimum atomic E-state index is -4.93. The van der Waals surface area contributed by atoms with Crippen LogP contribution in [0.25, 0.3) is 21.5 Å². The van der Waals surface area contributed by atoms with E-state index in [9.17, 15) is 61.5 Å². The topological polar surface area (TPSA) is 313 Å². The fourth-order valence-electron chi connectivity index (χ4n) is 5.71. The van der Waals surface area contributed by atoms with E-state index in [1.807, 2.05) is 0 Å². The molecule has 0 heterocycles. The summed E-state index contributed by atoms with van der Waals surface area (Å²) in [6.45, 7) is 3.23. The number of imide groups is 1. The average Bonchev–Trinajstić information content (AvgIpc) is 3.14. The summed E-state index contributed by atoms with van der Waals surface area (Å²) in [4.78, 5) is 23.0. The first-order chi connectivity index (χ1) is 27.4. The average molecular weight is 882 g/mol. The van der Waals surface area contributed by atoms with Crippen LogP contribution in [-0.4, -0.2) is 63.7 Å². The monoisotopic (exact) mass is 881 g/mol. The van der Waals surface area contributed by atoms with Crippen molar-refractivity contribution in [3.63, 3.8) is 0 Å². The highest BCUT2D eigenvalue weighted by Gasteiger charge is 2.22. The third-order valence-corrected chi connectivity index (χ3v) is 12.0. The van der Waals surface area contributed by atoms with Crippen LogP contribution in [0.15, 0.2) is 137 Å². The summed E-state index contributed by atoms with van der Waals surface area (Å²) in [6.07, 6.45) is 0. The molecule has 0 atom stereocenters. The van der Waals surface area contributed by atoms with Crippen molar-refractivity contribution in [2.24, 2.45) is 20.5 Å². The first-order valence-corrected chi connectivity index (χ1v) is 22.1. The van der Waals surface area contributed by atoms with Crippen LogP contribution in [0.2, 0.25) is 0 Å². The Hall–Kier alpha value is -6.18. The lowest BCUT2D eigenvalue weighted by molar-refractivity contribution is 0.0849. The standard InChI is InChI=1S/C36H27N5O14S4/c1-19-11-23(5-9-31(19)40-38-25-7-3-21-13-27(56(44,45)46)17-33(29(21)15-25)58(50,51)52)35(42)37-36(43)24-6-10-32(20(2)12-24)41-39-26-8-4-22-14-28(57(47,48)49)18-34(30(22)16-26)59(53,54)55/h3-18H,1-2H3,(H,37,42,43)(H,44,45,46)(H,47,48,49)(H,50,51,52)(H,53,54,55). The van der Waals surface area contributed by atoms with Crippen molar-refractivity contribution in [2.75, 3.05) is 0 Å². The van der Waals surface area contributed by atoms with Gasteiger partial charge in [-0.2, -0.15) is 54.1 Å². The molecule has 0 saturated carbocycles. The summed E-state index contributed by atoms with van der Waals surface area (Å²) < 4.78 is 133. The van der Waals surface area contributed by atoms with Crippen LogP contribution in [0.4, 0.5) is 22.7 Å². The Balaban J connectivity index is 1.16. The number of fused-ring (bicyclic) bond motifs is 2. The first kappa shape index (κ1) is 42.4. The molecule has 0 unspecified atom stereocenters. The van der Waals surface area contributed by atoms with Crippen molar-refractivity contribution in [3.05, 3.63) is 119 Å². The predicted molar refractivity (Wildman–Crippen MR) is 210 cm³/mol. The summed E-state index contributed by atoms with van der Waals surface area (Å²) in [5.41, 5.74) is 1.91. The second-order valence-corrected chi connectivity index (χ2v) is 18.4. The van der Waals surface area contributed by atoms with E-state index in [0.717, 1.165) is 12.1 Å². The number of nitrogens with zero attached hydrogens (tertiary/aromatic N) is 4. The summed E-state index contributed by atoms with van der Waals surface area (Å²) in [6, 6.07) is 19.7. The van der Waals surface area contributed by atoms with Gasteiger partial charge in [0.25, 0.3) is 52.3 Å². The lowest BCUT2D eigenvalue weighted by Gasteiger charge is -2.08. The summed E-state index contributed by atoms with van der Waals surface area (Å²) >= 11 is 0. The maximum absolute atomic E-state index is 13.0. The molecule has 0 spiro atoms. The fraction of sp³-hybridized carbons (Fsp3) is 0.0556. The van der Waals surface area contributed by atoms with Crippen LogP contribution in [0.1, 0.15) is 31.8 Å². The summed E-state index contributed by atoms with van der Waals surface area (Å²) in [7, 11) is -19.5. The van der Waals surface area contributed by atoms with Gasteiger partial charge in [0.1, 0.15) is 9.79 Å². The maximum Gasteiger partial charge on any atom is 0.295 e. The Morgan fingerprint density at radius 3 is 1.15 bits per heavy atom. The number of carbonyl (C=O) groups excluding carboxylic acids is 2. The molecule has 0 bridgehead atoms. The molecule has 59 heavy (non-hydrogen) atoms. The van der Waals surface area contributed by atoms with Crippen LogP contribution in [0.3, 0.4) is 0 Å². The second-order valence-electron chi connectivity index (χ2n) is 12.7. The molecular weight excluding hydrogens is 855 g/mol. The fourth-order valence-corrected chi connectivity index (χ4v) is 8.40. The smallest absolute Gasteiger partial charge is 0.288 e. The molecule has 5 N–H and O–H groups in total. The van der Waals surface area contributed by atoms with Crippen LogP contribution in [0.5, 0.6) is 0 Å². The van der Waals surface area contributed by atoms with E-state index in [-0.39, 0.29) is 44.0 Å². The molecule has 0 aliphatic heterocycles. The van der Waals surface area contributed by atoms with Crippen LogP contribution >= 0.6 is 0 Å². The molecule has 6 rings (SSSR count).